The van der Waals surface area contributed by atoms with Crippen LogP contribution in [0.5, 0.6) is 5.75 Å². The van der Waals surface area contributed by atoms with Crippen molar-refractivity contribution in [2.45, 2.75) is 25.7 Å². The maximum atomic E-state index is 13.0. The van der Waals surface area contributed by atoms with Crippen LogP contribution in [0.1, 0.15) is 25.1 Å². The third kappa shape index (κ3) is 5.23. The fraction of sp³-hybridized carbons (Fsp3) is 0.348. The van der Waals surface area contributed by atoms with Gasteiger partial charge in [0.2, 0.25) is 0 Å². The number of aryl methyl sites for hydroxylation is 1. The summed E-state index contributed by atoms with van der Waals surface area (Å²) in [6, 6.07) is 15.4. The van der Waals surface area contributed by atoms with Gasteiger partial charge in [0, 0.05) is 25.1 Å². The van der Waals surface area contributed by atoms with E-state index in [9.17, 15) is 9.18 Å². The predicted octanol–water partition coefficient (Wildman–Crippen LogP) is 4.13. The molecule has 0 unspecified atom stereocenters. The minimum absolute atomic E-state index is 0.0272. The Morgan fingerprint density at radius 2 is 1.83 bits per heavy atom. The summed E-state index contributed by atoms with van der Waals surface area (Å²) in [7, 11) is 0. The fourth-order valence-electron chi connectivity index (χ4n) is 3.62. The summed E-state index contributed by atoms with van der Waals surface area (Å²) in [5, 5.41) is 4.03. The van der Waals surface area contributed by atoms with Crippen molar-refractivity contribution in [2.75, 3.05) is 19.7 Å². The van der Waals surface area contributed by atoms with E-state index >= 15 is 0 Å². The second-order valence-corrected chi connectivity index (χ2v) is 7.49. The molecule has 0 radical (unpaired) electrons. The predicted molar refractivity (Wildman–Crippen MR) is 109 cm³/mol. The van der Waals surface area contributed by atoms with Gasteiger partial charge in [0.25, 0.3) is 11.8 Å². The number of para-hydroxylation sites is 1. The van der Waals surface area contributed by atoms with Crippen molar-refractivity contribution in [3.8, 4) is 17.2 Å². The smallest absolute Gasteiger partial charge is 0.260 e. The SMILES string of the molecule is O=C(COc1ccccc1)N1CCC(CCc2noc(-c3ccc(F)cc3)n2)CC1. The average molecular weight is 409 g/mol. The summed E-state index contributed by atoms with van der Waals surface area (Å²) >= 11 is 0. The second-order valence-electron chi connectivity index (χ2n) is 7.49. The van der Waals surface area contributed by atoms with E-state index in [1.807, 2.05) is 35.2 Å². The Kier molecular flexibility index (Phi) is 6.37. The molecule has 1 saturated heterocycles. The summed E-state index contributed by atoms with van der Waals surface area (Å²) in [6.07, 6.45) is 3.59. The molecule has 4 rings (SSSR count). The van der Waals surface area contributed by atoms with Gasteiger partial charge >= 0.3 is 0 Å². The number of nitrogens with zero attached hydrogens (tertiary/aromatic N) is 3. The molecule has 7 heteroatoms. The van der Waals surface area contributed by atoms with E-state index in [2.05, 4.69) is 10.1 Å². The molecule has 0 bridgehead atoms. The molecule has 3 aromatic rings. The number of amides is 1. The van der Waals surface area contributed by atoms with Crippen LogP contribution in [0.25, 0.3) is 11.5 Å². The highest BCUT2D eigenvalue weighted by Crippen LogP contribution is 2.23. The number of piperidine rings is 1. The molecule has 1 aromatic heterocycles. The molecular formula is C23H24FN3O3. The maximum absolute atomic E-state index is 13.0. The molecule has 1 amide bonds. The Balaban J connectivity index is 1.20. The number of likely N-dealkylation sites (tertiary alicyclic amines) is 1. The molecule has 2 heterocycles. The molecule has 0 saturated carbocycles. The van der Waals surface area contributed by atoms with Crippen molar-refractivity contribution in [1.82, 2.24) is 15.0 Å². The van der Waals surface area contributed by atoms with Crippen molar-refractivity contribution in [2.24, 2.45) is 5.92 Å². The van der Waals surface area contributed by atoms with Crippen molar-refractivity contribution in [1.29, 1.82) is 0 Å². The molecule has 1 fully saturated rings. The van der Waals surface area contributed by atoms with Gasteiger partial charge in [-0.3, -0.25) is 4.79 Å². The highest BCUT2D eigenvalue weighted by atomic mass is 19.1. The number of ether oxygens (including phenoxy) is 1. The fourth-order valence-corrected chi connectivity index (χ4v) is 3.62. The normalized spacial score (nSPS) is 14.6. The summed E-state index contributed by atoms with van der Waals surface area (Å²) in [5.41, 5.74) is 0.708. The molecule has 0 N–H and O–H groups in total. The van der Waals surface area contributed by atoms with Gasteiger partial charge in [-0.25, -0.2) is 4.39 Å². The number of carbonyl (C=O) groups excluding carboxylic acids is 1. The van der Waals surface area contributed by atoms with Crippen molar-refractivity contribution >= 4 is 5.91 Å². The molecule has 0 aliphatic carbocycles. The van der Waals surface area contributed by atoms with E-state index in [0.29, 0.717) is 28.9 Å². The third-order valence-corrected chi connectivity index (χ3v) is 5.41. The Morgan fingerprint density at radius 1 is 1.10 bits per heavy atom. The van der Waals surface area contributed by atoms with E-state index in [1.54, 1.807) is 12.1 Å². The lowest BCUT2D eigenvalue weighted by Crippen LogP contribution is -2.41. The summed E-state index contributed by atoms with van der Waals surface area (Å²) in [4.78, 5) is 18.6. The van der Waals surface area contributed by atoms with Crippen LogP contribution in [0.15, 0.2) is 59.1 Å². The van der Waals surface area contributed by atoms with Gasteiger partial charge in [-0.1, -0.05) is 23.4 Å². The van der Waals surface area contributed by atoms with Gasteiger partial charge in [0.05, 0.1) is 0 Å². The molecule has 2 aromatic carbocycles. The van der Waals surface area contributed by atoms with Gasteiger partial charge < -0.3 is 14.2 Å². The quantitative estimate of drug-likeness (QED) is 0.587. The highest BCUT2D eigenvalue weighted by Gasteiger charge is 2.23. The zero-order valence-corrected chi connectivity index (χ0v) is 16.7. The van der Waals surface area contributed by atoms with Crippen LogP contribution < -0.4 is 4.74 Å². The monoisotopic (exact) mass is 409 g/mol. The topological polar surface area (TPSA) is 68.5 Å². The second kappa shape index (κ2) is 9.52. The molecule has 0 spiro atoms. The highest BCUT2D eigenvalue weighted by molar-refractivity contribution is 5.77. The van der Waals surface area contributed by atoms with Crippen molar-refractivity contribution in [3.63, 3.8) is 0 Å². The van der Waals surface area contributed by atoms with E-state index in [0.717, 1.165) is 38.8 Å². The van der Waals surface area contributed by atoms with E-state index in [1.165, 1.54) is 12.1 Å². The van der Waals surface area contributed by atoms with Gasteiger partial charge in [0.1, 0.15) is 11.6 Å². The van der Waals surface area contributed by atoms with E-state index in [-0.39, 0.29) is 18.3 Å². The first-order valence-corrected chi connectivity index (χ1v) is 10.2. The molecule has 30 heavy (non-hydrogen) atoms. The standard InChI is InChI=1S/C23H24FN3O3/c24-19-9-7-18(8-10-19)23-25-21(26-30-23)11-6-17-12-14-27(15-13-17)22(28)16-29-20-4-2-1-3-5-20/h1-5,7-10,17H,6,11-16H2. The number of aromatic nitrogens is 2. The zero-order valence-electron chi connectivity index (χ0n) is 16.7. The lowest BCUT2D eigenvalue weighted by molar-refractivity contribution is -0.134. The molecule has 0 atom stereocenters. The van der Waals surface area contributed by atoms with Crippen LogP contribution in [0.3, 0.4) is 0 Å². The van der Waals surface area contributed by atoms with Crippen LogP contribution in [0, 0.1) is 11.7 Å². The molecule has 6 nitrogen and oxygen atoms in total. The Hall–Kier alpha value is -3.22. The van der Waals surface area contributed by atoms with Crippen molar-refractivity contribution < 1.29 is 18.4 Å². The minimum atomic E-state index is -0.296. The first-order valence-electron chi connectivity index (χ1n) is 10.2. The van der Waals surface area contributed by atoms with Gasteiger partial charge in [-0.15, -0.1) is 0 Å². The lowest BCUT2D eigenvalue weighted by Gasteiger charge is -2.31. The first-order chi connectivity index (χ1) is 14.7. The van der Waals surface area contributed by atoms with Crippen LogP contribution in [-0.2, 0) is 11.2 Å². The Morgan fingerprint density at radius 3 is 2.57 bits per heavy atom. The number of benzene rings is 2. The van der Waals surface area contributed by atoms with Crippen LogP contribution >= 0.6 is 0 Å². The van der Waals surface area contributed by atoms with Gasteiger partial charge in [-0.05, 0) is 61.6 Å². The summed E-state index contributed by atoms with van der Waals surface area (Å²) in [5.74, 6) is 2.03. The molecule has 1 aliphatic heterocycles. The minimum Gasteiger partial charge on any atom is -0.484 e. The van der Waals surface area contributed by atoms with Crippen LogP contribution in [-0.4, -0.2) is 40.6 Å². The third-order valence-electron chi connectivity index (χ3n) is 5.41. The van der Waals surface area contributed by atoms with Gasteiger partial charge in [-0.2, -0.15) is 4.98 Å². The maximum Gasteiger partial charge on any atom is 0.260 e. The summed E-state index contributed by atoms with van der Waals surface area (Å²) < 4.78 is 23.9. The van der Waals surface area contributed by atoms with E-state index in [4.69, 9.17) is 9.26 Å². The number of hydrogen-bond donors (Lipinski definition) is 0. The number of hydrogen-bond acceptors (Lipinski definition) is 5. The number of carbonyl (C=O) groups is 1. The van der Waals surface area contributed by atoms with Crippen LogP contribution in [0.4, 0.5) is 4.39 Å². The van der Waals surface area contributed by atoms with Gasteiger partial charge in [0.15, 0.2) is 12.4 Å². The number of halogens is 1. The Labute approximate surface area is 174 Å². The average Bonchev–Trinajstić information content (AvgIpc) is 3.27. The van der Waals surface area contributed by atoms with E-state index < -0.39 is 0 Å². The summed E-state index contributed by atoms with van der Waals surface area (Å²) in [6.45, 7) is 1.56. The molecule has 156 valence electrons. The van der Waals surface area contributed by atoms with Crippen molar-refractivity contribution in [3.05, 3.63) is 66.2 Å². The Bertz CT molecular complexity index is 951. The zero-order chi connectivity index (χ0) is 20.8. The first kappa shape index (κ1) is 20.1. The largest absolute Gasteiger partial charge is 0.484 e. The molecule has 1 aliphatic rings. The molecular weight excluding hydrogens is 385 g/mol. The lowest BCUT2D eigenvalue weighted by atomic mass is 9.92. The van der Waals surface area contributed by atoms with Crippen LogP contribution in [0.2, 0.25) is 0 Å². The number of rotatable bonds is 7.